The van der Waals surface area contributed by atoms with Crippen molar-refractivity contribution in [3.63, 3.8) is 0 Å². The first-order valence-electron chi connectivity index (χ1n) is 7.67. The quantitative estimate of drug-likeness (QED) is 0.577. The molecule has 5 N–H and O–H groups in total. The molecule has 8 nitrogen and oxygen atoms in total. The number of carbonyl (C=O) groups excluding carboxylic acids is 2. The largest absolute Gasteiger partial charge is 0.481 e. The number of amides is 3. The summed E-state index contributed by atoms with van der Waals surface area (Å²) in [6, 6.07) is 9.12. The average Bonchev–Trinajstić information content (AvgIpc) is 2.61. The van der Waals surface area contributed by atoms with Crippen molar-refractivity contribution in [2.24, 2.45) is 5.73 Å². The molecule has 0 fully saturated rings. The Labute approximate surface area is 165 Å². The van der Waals surface area contributed by atoms with Crippen molar-refractivity contribution >= 4 is 41.1 Å². The predicted molar refractivity (Wildman–Crippen MR) is 102 cm³/mol. The maximum atomic E-state index is 11.2. The number of hydrogen-bond acceptors (Lipinski definition) is 4. The van der Waals surface area contributed by atoms with E-state index in [9.17, 15) is 14.4 Å². The summed E-state index contributed by atoms with van der Waals surface area (Å²) in [5.41, 5.74) is 6.09. The van der Waals surface area contributed by atoms with Crippen LogP contribution < -0.4 is 16.4 Å². The van der Waals surface area contributed by atoms with Crippen LogP contribution in [0.3, 0.4) is 0 Å². The van der Waals surface area contributed by atoms with Gasteiger partial charge in [0.15, 0.2) is 0 Å². The number of primary amides is 1. The zero-order valence-electron chi connectivity index (χ0n) is 14.1. The third-order valence-corrected chi connectivity index (χ3v) is 3.59. The maximum absolute atomic E-state index is 11.2. The van der Waals surface area contributed by atoms with Crippen LogP contribution in [-0.2, 0) is 11.3 Å². The lowest BCUT2D eigenvalue weighted by molar-refractivity contribution is -0.136. The van der Waals surface area contributed by atoms with Crippen LogP contribution in [0.5, 0.6) is 0 Å². The topological polar surface area (TPSA) is 134 Å². The average molecular weight is 413 g/mol. The molecule has 3 amide bonds. The number of halogens is 2. The van der Waals surface area contributed by atoms with Crippen molar-refractivity contribution in [2.75, 3.05) is 6.54 Å². The van der Waals surface area contributed by atoms with Crippen LogP contribution in [0.25, 0.3) is 0 Å². The fraction of sp³-hybridized carbons (Fsp3) is 0.176. The molecule has 1 heterocycles. The SMILES string of the molecule is NC(=O)c1c(Cl)cncc1Cl.O=C(O)CCNC(=O)NCc1ccccc1. The van der Waals surface area contributed by atoms with E-state index >= 15 is 0 Å². The normalized spacial score (nSPS) is 9.56. The molecule has 10 heteroatoms. The van der Waals surface area contributed by atoms with Crippen molar-refractivity contribution < 1.29 is 19.5 Å². The number of aliphatic carboxylic acids is 1. The standard InChI is InChI=1S/C11H14N2O3.C6H4Cl2N2O/c14-10(15)6-7-12-11(16)13-8-9-4-2-1-3-5-9;7-3-1-10-2-4(8)5(3)6(9)11/h1-5H,6-8H2,(H,14,15)(H2,12,13,16);1-2H,(H2,9,11). The van der Waals surface area contributed by atoms with Gasteiger partial charge in [-0.1, -0.05) is 53.5 Å². The van der Waals surface area contributed by atoms with Gasteiger partial charge < -0.3 is 21.5 Å². The molecule has 1 aromatic carbocycles. The second-order valence-corrected chi connectivity index (χ2v) is 5.90. The maximum Gasteiger partial charge on any atom is 0.315 e. The van der Waals surface area contributed by atoms with Gasteiger partial charge >= 0.3 is 12.0 Å². The van der Waals surface area contributed by atoms with Gasteiger partial charge in [0.05, 0.1) is 22.0 Å². The molecular formula is C17H18Cl2N4O4. The van der Waals surface area contributed by atoms with Crippen molar-refractivity contribution in [1.29, 1.82) is 0 Å². The summed E-state index contributed by atoms with van der Waals surface area (Å²) in [5, 5.41) is 13.8. The zero-order valence-corrected chi connectivity index (χ0v) is 15.6. The minimum Gasteiger partial charge on any atom is -0.481 e. The van der Waals surface area contributed by atoms with Gasteiger partial charge in [-0.05, 0) is 5.56 Å². The van der Waals surface area contributed by atoms with E-state index in [4.69, 9.17) is 34.0 Å². The molecule has 0 aliphatic carbocycles. The van der Waals surface area contributed by atoms with Gasteiger partial charge in [0.2, 0.25) is 0 Å². The highest BCUT2D eigenvalue weighted by Gasteiger charge is 2.10. The molecule has 0 unspecified atom stereocenters. The minimum absolute atomic E-state index is 0.0707. The number of nitrogens with two attached hydrogens (primary N) is 1. The third-order valence-electron chi connectivity index (χ3n) is 3.02. The fourth-order valence-corrected chi connectivity index (χ4v) is 2.32. The fourth-order valence-electron chi connectivity index (χ4n) is 1.77. The molecule has 2 aromatic rings. The smallest absolute Gasteiger partial charge is 0.315 e. The molecule has 0 aliphatic heterocycles. The molecule has 0 radical (unpaired) electrons. The lowest BCUT2D eigenvalue weighted by Gasteiger charge is -2.06. The number of carboxylic acid groups (broad SMARTS) is 1. The Bertz CT molecular complexity index is 768. The Balaban J connectivity index is 0.000000289. The molecule has 0 aliphatic rings. The first-order chi connectivity index (χ1) is 12.8. The van der Waals surface area contributed by atoms with Crippen LogP contribution >= 0.6 is 23.2 Å². The number of carbonyl (C=O) groups is 3. The number of aromatic nitrogens is 1. The molecule has 2 rings (SSSR count). The number of hydrogen-bond donors (Lipinski definition) is 4. The van der Waals surface area contributed by atoms with Crippen molar-refractivity contribution in [1.82, 2.24) is 15.6 Å². The number of nitrogens with one attached hydrogen (secondary N) is 2. The second kappa shape index (κ2) is 11.7. The number of benzene rings is 1. The van der Waals surface area contributed by atoms with E-state index in [0.717, 1.165) is 5.56 Å². The summed E-state index contributed by atoms with van der Waals surface area (Å²) in [4.78, 5) is 35.7. The van der Waals surface area contributed by atoms with Gasteiger partial charge in [0.25, 0.3) is 5.91 Å². The summed E-state index contributed by atoms with van der Waals surface area (Å²) in [6.07, 6.45) is 2.56. The molecule has 0 atom stereocenters. The minimum atomic E-state index is -0.927. The van der Waals surface area contributed by atoms with Gasteiger partial charge in [-0.3, -0.25) is 14.6 Å². The lowest BCUT2D eigenvalue weighted by Crippen LogP contribution is -2.36. The predicted octanol–water partition coefficient (Wildman–Crippen LogP) is 2.45. The molecule has 27 heavy (non-hydrogen) atoms. The highest BCUT2D eigenvalue weighted by atomic mass is 35.5. The van der Waals surface area contributed by atoms with E-state index in [-0.39, 0.29) is 34.6 Å². The molecule has 0 saturated carbocycles. The Hall–Kier alpha value is -2.84. The van der Waals surface area contributed by atoms with Crippen LogP contribution in [0.4, 0.5) is 4.79 Å². The highest BCUT2D eigenvalue weighted by Crippen LogP contribution is 2.21. The summed E-state index contributed by atoms with van der Waals surface area (Å²) >= 11 is 11.2. The van der Waals surface area contributed by atoms with Crippen molar-refractivity contribution in [3.05, 3.63) is 63.9 Å². The van der Waals surface area contributed by atoms with Gasteiger partial charge in [0, 0.05) is 25.5 Å². The Kier molecular flexibility index (Phi) is 9.63. The van der Waals surface area contributed by atoms with Crippen molar-refractivity contribution in [3.8, 4) is 0 Å². The molecular weight excluding hydrogens is 395 g/mol. The van der Waals surface area contributed by atoms with Gasteiger partial charge in [-0.2, -0.15) is 0 Å². The van der Waals surface area contributed by atoms with Crippen LogP contribution in [0.15, 0.2) is 42.7 Å². The number of nitrogens with zero attached hydrogens (tertiary/aromatic N) is 1. The number of pyridine rings is 1. The van der Waals surface area contributed by atoms with Crippen LogP contribution in [0.1, 0.15) is 22.3 Å². The first kappa shape index (κ1) is 22.2. The van der Waals surface area contributed by atoms with E-state index in [1.807, 2.05) is 30.3 Å². The van der Waals surface area contributed by atoms with Gasteiger partial charge in [0.1, 0.15) is 0 Å². The molecule has 0 bridgehead atoms. The number of rotatable bonds is 6. The van der Waals surface area contributed by atoms with Crippen molar-refractivity contribution in [2.45, 2.75) is 13.0 Å². The van der Waals surface area contributed by atoms with Gasteiger partial charge in [-0.25, -0.2) is 4.79 Å². The molecule has 0 saturated heterocycles. The van der Waals surface area contributed by atoms with E-state index < -0.39 is 11.9 Å². The number of carboxylic acids is 1. The lowest BCUT2D eigenvalue weighted by atomic mass is 10.2. The van der Waals surface area contributed by atoms with E-state index in [2.05, 4.69) is 15.6 Å². The Morgan fingerprint density at radius 3 is 2.11 bits per heavy atom. The summed E-state index contributed by atoms with van der Waals surface area (Å²) in [6.45, 7) is 0.565. The third kappa shape index (κ3) is 8.89. The van der Waals surface area contributed by atoms with Gasteiger partial charge in [-0.15, -0.1) is 0 Å². The first-order valence-corrected chi connectivity index (χ1v) is 8.43. The van der Waals surface area contributed by atoms with Crippen LogP contribution in [0.2, 0.25) is 10.0 Å². The van der Waals surface area contributed by atoms with E-state index in [1.54, 1.807) is 0 Å². The second-order valence-electron chi connectivity index (χ2n) is 5.08. The number of urea groups is 1. The van der Waals surface area contributed by atoms with E-state index in [1.165, 1.54) is 12.4 Å². The Morgan fingerprint density at radius 1 is 1.04 bits per heavy atom. The molecule has 1 aromatic heterocycles. The van der Waals surface area contributed by atoms with E-state index in [0.29, 0.717) is 6.54 Å². The Morgan fingerprint density at radius 2 is 1.63 bits per heavy atom. The summed E-state index contributed by atoms with van der Waals surface area (Å²) in [5.74, 6) is -1.58. The van der Waals surface area contributed by atoms with Crippen LogP contribution in [0, 0.1) is 0 Å². The van der Waals surface area contributed by atoms with Crippen LogP contribution in [-0.4, -0.2) is 34.5 Å². The monoisotopic (exact) mass is 412 g/mol. The summed E-state index contributed by atoms with van der Waals surface area (Å²) in [7, 11) is 0. The zero-order chi connectivity index (χ0) is 20.2. The molecule has 0 spiro atoms. The summed E-state index contributed by atoms with van der Waals surface area (Å²) < 4.78 is 0. The highest BCUT2D eigenvalue weighted by molar-refractivity contribution is 6.39. The molecule has 144 valence electrons.